The minimum atomic E-state index is -3.84. The minimum absolute atomic E-state index is 0.304. The Bertz CT molecular complexity index is 1040. The van der Waals surface area contributed by atoms with E-state index in [1.807, 2.05) is 19.1 Å². The molecular formula is C24H30N4O3S. The van der Waals surface area contributed by atoms with Crippen LogP contribution < -0.4 is 9.62 Å². The Kier molecular flexibility index (Phi) is 8.12. The molecule has 170 valence electrons. The topological polar surface area (TPSA) is 93.5 Å². The van der Waals surface area contributed by atoms with E-state index in [1.54, 1.807) is 41.3 Å². The van der Waals surface area contributed by atoms with Gasteiger partial charge in [0.05, 0.1) is 11.6 Å². The van der Waals surface area contributed by atoms with Crippen LogP contribution in [-0.4, -0.2) is 44.6 Å². The highest BCUT2D eigenvalue weighted by molar-refractivity contribution is 7.93. The molecule has 0 bridgehead atoms. The van der Waals surface area contributed by atoms with E-state index in [2.05, 4.69) is 15.7 Å². The average molecular weight is 455 g/mol. The molecule has 1 saturated heterocycles. The van der Waals surface area contributed by atoms with Gasteiger partial charge in [0.15, 0.2) is 0 Å². The fraction of sp³-hybridized carbons (Fsp3) is 0.417. The summed E-state index contributed by atoms with van der Waals surface area (Å²) >= 11 is 0. The van der Waals surface area contributed by atoms with E-state index in [9.17, 15) is 13.2 Å². The Labute approximate surface area is 190 Å². The zero-order chi connectivity index (χ0) is 23.0. The summed E-state index contributed by atoms with van der Waals surface area (Å²) in [5, 5.41) is 8.92. The summed E-state index contributed by atoms with van der Waals surface area (Å²) in [5.41, 5.74) is 2.93. The molecule has 1 aliphatic heterocycles. The number of nitrogens with one attached hydrogen (secondary N) is 1. The second-order valence-electron chi connectivity index (χ2n) is 8.08. The van der Waals surface area contributed by atoms with Gasteiger partial charge in [-0.3, -0.25) is 9.52 Å². The summed E-state index contributed by atoms with van der Waals surface area (Å²) in [6.45, 7) is 4.74. The van der Waals surface area contributed by atoms with E-state index in [-0.39, 0.29) is 0 Å². The molecule has 3 rings (SSSR count). The third-order valence-electron chi connectivity index (χ3n) is 5.48. The van der Waals surface area contributed by atoms with Gasteiger partial charge in [-0.2, -0.15) is 5.26 Å². The SMILES string of the molecule is CCCN(Cc1ccc(C#N)cc1)C(=O)CS(=O)(=O)Nc1ccc(N2CCCCC2)cc1. The van der Waals surface area contributed by atoms with Crippen molar-refractivity contribution in [2.45, 2.75) is 39.2 Å². The van der Waals surface area contributed by atoms with Crippen LogP contribution >= 0.6 is 0 Å². The van der Waals surface area contributed by atoms with Gasteiger partial charge in [0.2, 0.25) is 15.9 Å². The Morgan fingerprint density at radius 2 is 1.72 bits per heavy atom. The molecule has 1 amide bonds. The van der Waals surface area contributed by atoms with Crippen molar-refractivity contribution in [3.63, 3.8) is 0 Å². The number of sulfonamides is 1. The number of nitriles is 1. The third-order valence-corrected chi connectivity index (χ3v) is 6.65. The maximum Gasteiger partial charge on any atom is 0.241 e. The van der Waals surface area contributed by atoms with Crippen molar-refractivity contribution in [3.8, 4) is 6.07 Å². The first-order valence-electron chi connectivity index (χ1n) is 11.0. The van der Waals surface area contributed by atoms with Gasteiger partial charge in [-0.25, -0.2) is 8.42 Å². The van der Waals surface area contributed by atoms with E-state index < -0.39 is 21.7 Å². The highest BCUT2D eigenvalue weighted by Crippen LogP contribution is 2.22. The summed E-state index contributed by atoms with van der Waals surface area (Å²) < 4.78 is 27.8. The molecule has 1 fully saturated rings. The fourth-order valence-corrected chi connectivity index (χ4v) is 4.90. The summed E-state index contributed by atoms with van der Waals surface area (Å²) in [6.07, 6.45) is 4.32. The largest absolute Gasteiger partial charge is 0.372 e. The number of piperidine rings is 1. The normalized spacial score (nSPS) is 13.9. The lowest BCUT2D eigenvalue weighted by molar-refractivity contribution is -0.129. The summed E-state index contributed by atoms with van der Waals surface area (Å²) in [5.74, 6) is -1.06. The Morgan fingerprint density at radius 3 is 2.31 bits per heavy atom. The van der Waals surface area contributed by atoms with Gasteiger partial charge in [0.25, 0.3) is 0 Å². The van der Waals surface area contributed by atoms with Crippen molar-refractivity contribution in [1.82, 2.24) is 4.90 Å². The van der Waals surface area contributed by atoms with Crippen molar-refractivity contribution in [2.24, 2.45) is 0 Å². The van der Waals surface area contributed by atoms with Gasteiger partial charge in [-0.15, -0.1) is 0 Å². The minimum Gasteiger partial charge on any atom is -0.372 e. The van der Waals surface area contributed by atoms with Gasteiger partial charge >= 0.3 is 0 Å². The van der Waals surface area contributed by atoms with Gasteiger partial charge in [-0.05, 0) is 67.6 Å². The van der Waals surface area contributed by atoms with Crippen LogP contribution in [-0.2, 0) is 21.4 Å². The molecule has 0 saturated carbocycles. The average Bonchev–Trinajstić information content (AvgIpc) is 2.79. The van der Waals surface area contributed by atoms with E-state index in [0.29, 0.717) is 30.8 Å². The molecular weight excluding hydrogens is 424 g/mol. The molecule has 0 unspecified atom stereocenters. The van der Waals surface area contributed by atoms with Crippen LogP contribution in [0, 0.1) is 11.3 Å². The van der Waals surface area contributed by atoms with Crippen molar-refractivity contribution >= 4 is 27.3 Å². The second kappa shape index (κ2) is 11.0. The third kappa shape index (κ3) is 6.72. The molecule has 1 N–H and O–H groups in total. The lowest BCUT2D eigenvalue weighted by atomic mass is 10.1. The number of hydrogen-bond donors (Lipinski definition) is 1. The van der Waals surface area contributed by atoms with E-state index in [4.69, 9.17) is 5.26 Å². The molecule has 1 aliphatic rings. The number of nitrogens with zero attached hydrogens (tertiary/aromatic N) is 3. The quantitative estimate of drug-likeness (QED) is 0.623. The molecule has 0 aromatic heterocycles. The molecule has 7 nitrogen and oxygen atoms in total. The van der Waals surface area contributed by atoms with E-state index in [0.717, 1.165) is 24.3 Å². The monoisotopic (exact) mass is 454 g/mol. The molecule has 32 heavy (non-hydrogen) atoms. The Hall–Kier alpha value is -3.05. The first-order chi connectivity index (χ1) is 15.4. The van der Waals surface area contributed by atoms with E-state index >= 15 is 0 Å². The van der Waals surface area contributed by atoms with Crippen molar-refractivity contribution in [1.29, 1.82) is 5.26 Å². The number of carbonyl (C=O) groups is 1. The Morgan fingerprint density at radius 1 is 1.06 bits per heavy atom. The van der Waals surface area contributed by atoms with Crippen LogP contribution in [0.25, 0.3) is 0 Å². The number of rotatable bonds is 9. The van der Waals surface area contributed by atoms with Crippen LogP contribution in [0.3, 0.4) is 0 Å². The standard InChI is InChI=1S/C24H30N4O3S/c1-2-14-28(18-21-8-6-20(17-25)7-9-21)24(29)19-32(30,31)26-22-10-12-23(13-11-22)27-15-4-3-5-16-27/h6-13,26H,2-5,14-16,18-19H2,1H3. The van der Waals surface area contributed by atoms with Crippen LogP contribution in [0.4, 0.5) is 11.4 Å². The highest BCUT2D eigenvalue weighted by Gasteiger charge is 2.22. The second-order valence-corrected chi connectivity index (χ2v) is 9.80. The molecule has 2 aromatic carbocycles. The van der Waals surface area contributed by atoms with Crippen molar-refractivity contribution in [3.05, 3.63) is 59.7 Å². The predicted molar refractivity (Wildman–Crippen MR) is 127 cm³/mol. The number of hydrogen-bond acceptors (Lipinski definition) is 5. The first-order valence-corrected chi connectivity index (χ1v) is 12.7. The van der Waals surface area contributed by atoms with E-state index in [1.165, 1.54) is 19.3 Å². The van der Waals surface area contributed by atoms with Crippen molar-refractivity contribution < 1.29 is 13.2 Å². The van der Waals surface area contributed by atoms with Gasteiger partial charge in [0, 0.05) is 37.6 Å². The fourth-order valence-electron chi connectivity index (χ4n) is 3.83. The summed E-state index contributed by atoms with van der Waals surface area (Å²) in [7, 11) is -3.84. The maximum absolute atomic E-state index is 12.8. The smallest absolute Gasteiger partial charge is 0.241 e. The number of carbonyl (C=O) groups excluding carboxylic acids is 1. The lowest BCUT2D eigenvalue weighted by Gasteiger charge is -2.28. The van der Waals surface area contributed by atoms with Crippen molar-refractivity contribution in [2.75, 3.05) is 35.0 Å². The number of anilines is 2. The molecule has 0 atom stereocenters. The summed E-state index contributed by atoms with van der Waals surface area (Å²) in [4.78, 5) is 16.6. The molecule has 0 spiro atoms. The predicted octanol–water partition coefficient (Wildman–Crippen LogP) is 3.73. The molecule has 1 heterocycles. The van der Waals surface area contributed by atoms with Crippen LogP contribution in [0.5, 0.6) is 0 Å². The first kappa shape index (κ1) is 23.6. The lowest BCUT2D eigenvalue weighted by Crippen LogP contribution is -2.37. The molecule has 8 heteroatoms. The van der Waals surface area contributed by atoms with Gasteiger partial charge < -0.3 is 9.80 Å². The van der Waals surface area contributed by atoms with Crippen LogP contribution in [0.1, 0.15) is 43.7 Å². The maximum atomic E-state index is 12.8. The molecule has 0 aliphatic carbocycles. The molecule has 2 aromatic rings. The van der Waals surface area contributed by atoms with Crippen LogP contribution in [0.15, 0.2) is 48.5 Å². The van der Waals surface area contributed by atoms with Gasteiger partial charge in [0.1, 0.15) is 5.75 Å². The zero-order valence-electron chi connectivity index (χ0n) is 18.5. The zero-order valence-corrected chi connectivity index (χ0v) is 19.3. The van der Waals surface area contributed by atoms with Gasteiger partial charge in [-0.1, -0.05) is 19.1 Å². The number of benzene rings is 2. The number of amides is 1. The highest BCUT2D eigenvalue weighted by atomic mass is 32.2. The molecule has 0 radical (unpaired) electrons. The summed E-state index contributed by atoms with van der Waals surface area (Å²) in [6, 6.07) is 16.3. The van der Waals surface area contributed by atoms with Crippen LogP contribution in [0.2, 0.25) is 0 Å². The Balaban J connectivity index is 1.61.